The largest absolute Gasteiger partial charge is 0.391 e. The topological polar surface area (TPSA) is 131 Å². The summed E-state index contributed by atoms with van der Waals surface area (Å²) in [6.45, 7) is 107. The molecule has 0 aromatic heterocycles. The quantitative estimate of drug-likeness (QED) is 0.0576. The van der Waals surface area contributed by atoms with Gasteiger partial charge in [-0.1, -0.05) is 118 Å². The third-order valence-corrected chi connectivity index (χ3v) is 26.2. The molecule has 8 aliphatic heterocycles. The third-order valence-electron chi connectivity index (χ3n) is 26.2. The minimum atomic E-state index is -0.323. The first-order valence-corrected chi connectivity index (χ1v) is 52.3. The maximum atomic E-state index is 9.93. The van der Waals surface area contributed by atoms with Gasteiger partial charge in [-0.15, -0.1) is 0 Å². The van der Waals surface area contributed by atoms with Gasteiger partial charge < -0.3 is 77.7 Å². The Balaban J connectivity index is 0.00000139. The molecule has 17 nitrogen and oxygen atoms in total. The summed E-state index contributed by atoms with van der Waals surface area (Å²) in [6, 6.07) is 2.06. The Bertz CT molecular complexity index is 2460. The van der Waals surface area contributed by atoms with Crippen LogP contribution in [-0.2, 0) is 33.2 Å². The zero-order valence-electron chi connectivity index (χ0n) is 89.9. The van der Waals surface area contributed by atoms with E-state index < -0.39 is 0 Å². The molecule has 8 heterocycles. The molecule has 9 rings (SSSR count). The van der Waals surface area contributed by atoms with Crippen LogP contribution in [0.4, 0.5) is 0 Å². The van der Waals surface area contributed by atoms with Crippen molar-refractivity contribution in [2.24, 2.45) is 52.3 Å². The summed E-state index contributed by atoms with van der Waals surface area (Å²) >= 11 is 0. The first-order chi connectivity index (χ1) is 57.6. The maximum absolute atomic E-state index is 9.93. The SMILES string of the molecule is C.CCC1CC(CCC(C)(C)C)C1.CCN1CC(COC(C)C)C1.CCN1CCC(CC(O)COC(C)(C)C)C1.CCN1CCC(CCC(C)(C)C)C1.CCN1CCC(CCCOC(C)(C)C)C1.CCN1CCC(COC(C)(C)C)C1.CCN1CCCC1CC(O)COC(C)(C)C.CCN1CCCC1CCCOC(C)(C)C.CCN1CCCC1COC(C)(C)C. The standard InChI is InChI=1S/2C13H27NO2.2C13H27NO.C12H25N.C12H24.2C11H23NO.C9H19NO.CH4/c1-5-14-7-6-11(9-14)8-12(15)10-16-13(2,3)4;1-5-14-8-6-7-11(14)9-12(15)10-16-13(2,3)4;1-5-14-10-6-8-12(14)9-7-11-15-13(2,3)4;1-5-14-9-8-12(11-14)7-6-10-15-13(2,3)4;1-5-13-9-7-11(10-13)6-8-12(2,3)4;1-5-10-8-11(9-10)6-7-12(2,3)4;1-5-12-7-6-10(8-12)9-13-11(2,3)4;1-5-12-8-6-7-10(12)9-13-11(2,3)4;1-4-10-5-9(6-10)7-11-8(2)3;/h2*11-12,15H,5-10H2,1-4H3;2*12H,5-11H2,1-4H3;11H,5-10H2,1-4H3;10-11H,5-9H2,1-4H3;2*10H,5-9H2,1-4H3;8-9H,4-7H2,1-3H3;1H4. The van der Waals surface area contributed by atoms with E-state index in [-0.39, 0.29) is 53.2 Å². The molecule has 2 N–H and O–H groups in total. The van der Waals surface area contributed by atoms with E-state index in [0.717, 1.165) is 114 Å². The van der Waals surface area contributed by atoms with Gasteiger partial charge in [0.15, 0.2) is 0 Å². The van der Waals surface area contributed by atoms with Crippen LogP contribution in [0.1, 0.15) is 397 Å². The fraction of sp³-hybridized carbons (Fsp3) is 1.00. The highest BCUT2D eigenvalue weighted by molar-refractivity contribution is 4.86. The predicted molar refractivity (Wildman–Crippen MR) is 543 cm³/mol. The van der Waals surface area contributed by atoms with Crippen molar-refractivity contribution in [3.05, 3.63) is 0 Å². The molecule has 752 valence electrons. The molecule has 17 heteroatoms. The summed E-state index contributed by atoms with van der Waals surface area (Å²) in [5.41, 5.74) is 0.886. The molecule has 0 radical (unpaired) electrons. The van der Waals surface area contributed by atoms with Crippen LogP contribution in [0.2, 0.25) is 0 Å². The average molecular weight is 1780 g/mol. The molecular formula is C108H226N8O9. The molecule has 1 aliphatic carbocycles. The number of aliphatic hydroxyl groups excluding tert-OH is 2. The zero-order chi connectivity index (χ0) is 94.1. The van der Waals surface area contributed by atoms with E-state index in [1.165, 1.54) is 246 Å². The zero-order valence-corrected chi connectivity index (χ0v) is 89.9. The van der Waals surface area contributed by atoms with E-state index in [4.69, 9.17) is 33.2 Å². The molecular weight excluding hydrogens is 1550 g/mol. The number of likely N-dealkylation sites (N-methyl/N-ethyl adjacent to an activating group) is 1. The van der Waals surface area contributed by atoms with Crippen molar-refractivity contribution >= 4 is 0 Å². The van der Waals surface area contributed by atoms with Crippen LogP contribution in [0.25, 0.3) is 0 Å². The molecule has 0 spiro atoms. The van der Waals surface area contributed by atoms with Crippen LogP contribution < -0.4 is 0 Å². The fourth-order valence-corrected chi connectivity index (χ4v) is 18.1. The number of likely N-dealkylation sites (tertiary alicyclic amines) is 8. The van der Waals surface area contributed by atoms with Crippen molar-refractivity contribution in [1.82, 2.24) is 39.2 Å². The van der Waals surface area contributed by atoms with Crippen LogP contribution in [0.5, 0.6) is 0 Å². The fourth-order valence-electron chi connectivity index (χ4n) is 18.1. The van der Waals surface area contributed by atoms with Crippen LogP contribution >= 0.6 is 0 Å². The Labute approximate surface area is 781 Å². The van der Waals surface area contributed by atoms with Gasteiger partial charge in [0.2, 0.25) is 0 Å². The minimum Gasteiger partial charge on any atom is -0.391 e. The molecule has 0 aromatic carbocycles. The molecule has 8 saturated heterocycles. The number of hydrogen-bond acceptors (Lipinski definition) is 17. The molecule has 9 fully saturated rings. The van der Waals surface area contributed by atoms with Crippen molar-refractivity contribution in [3.8, 4) is 0 Å². The highest BCUT2D eigenvalue weighted by Gasteiger charge is 2.33. The lowest BCUT2D eigenvalue weighted by Crippen LogP contribution is -2.48. The highest BCUT2D eigenvalue weighted by atomic mass is 16.5. The summed E-state index contributed by atoms with van der Waals surface area (Å²) in [7, 11) is 0. The summed E-state index contributed by atoms with van der Waals surface area (Å²) in [5, 5.41) is 19.8. The van der Waals surface area contributed by atoms with E-state index in [1.54, 1.807) is 0 Å². The molecule has 9 atom stereocenters. The van der Waals surface area contributed by atoms with Crippen LogP contribution in [0.15, 0.2) is 0 Å². The lowest BCUT2D eigenvalue weighted by atomic mass is 9.70. The van der Waals surface area contributed by atoms with E-state index >= 15 is 0 Å². The molecule has 9 unspecified atom stereocenters. The first kappa shape index (κ1) is 124. The van der Waals surface area contributed by atoms with Crippen molar-refractivity contribution in [3.63, 3.8) is 0 Å². The van der Waals surface area contributed by atoms with Gasteiger partial charge in [0, 0.05) is 76.5 Å². The van der Waals surface area contributed by atoms with E-state index in [2.05, 4.69) is 240 Å². The Hall–Kier alpha value is -0.680. The van der Waals surface area contributed by atoms with Gasteiger partial charge in [-0.2, -0.15) is 0 Å². The van der Waals surface area contributed by atoms with Gasteiger partial charge in [0.1, 0.15) is 0 Å². The molecule has 1 saturated carbocycles. The van der Waals surface area contributed by atoms with Crippen LogP contribution in [-0.4, -0.2) is 303 Å². The van der Waals surface area contributed by atoms with Crippen molar-refractivity contribution < 1.29 is 43.4 Å². The van der Waals surface area contributed by atoms with E-state index in [9.17, 15) is 10.2 Å². The van der Waals surface area contributed by atoms with Crippen LogP contribution in [0, 0.1) is 52.3 Å². The van der Waals surface area contributed by atoms with Crippen molar-refractivity contribution in [2.75, 3.05) is 184 Å². The highest BCUT2D eigenvalue weighted by Crippen LogP contribution is 2.41. The molecule has 0 bridgehead atoms. The maximum Gasteiger partial charge on any atom is 0.0788 e. The first-order valence-electron chi connectivity index (χ1n) is 52.3. The Morgan fingerprint density at radius 3 is 1.03 bits per heavy atom. The lowest BCUT2D eigenvalue weighted by molar-refractivity contribution is -0.0550. The Kier molecular flexibility index (Phi) is 64.8. The number of aliphatic hydroxyl groups is 2. The van der Waals surface area contributed by atoms with Gasteiger partial charge in [0.25, 0.3) is 0 Å². The lowest BCUT2D eigenvalue weighted by Gasteiger charge is -2.38. The average Bonchev–Trinajstić information content (AvgIpc) is 1.86. The van der Waals surface area contributed by atoms with E-state index in [1.807, 2.05) is 41.5 Å². The smallest absolute Gasteiger partial charge is 0.0788 e. The second kappa shape index (κ2) is 65.1. The molecule has 0 amide bonds. The number of nitrogens with zero attached hydrogens (tertiary/aromatic N) is 8. The summed E-state index contributed by atoms with van der Waals surface area (Å²) < 4.78 is 39.8. The second-order valence-electron chi connectivity index (χ2n) is 47.6. The predicted octanol–water partition coefficient (Wildman–Crippen LogP) is 23.8. The van der Waals surface area contributed by atoms with Gasteiger partial charge in [0.05, 0.1) is 85.0 Å². The summed E-state index contributed by atoms with van der Waals surface area (Å²) in [6.07, 6.45) is 30.0. The third kappa shape index (κ3) is 67.2. The summed E-state index contributed by atoms with van der Waals surface area (Å²) in [4.78, 5) is 20.1. The van der Waals surface area contributed by atoms with Gasteiger partial charge in [-0.3, -0.25) is 4.90 Å². The van der Waals surface area contributed by atoms with Crippen molar-refractivity contribution in [1.29, 1.82) is 0 Å². The van der Waals surface area contributed by atoms with Gasteiger partial charge in [-0.05, 0) is 424 Å². The Morgan fingerprint density at radius 2 is 0.640 bits per heavy atom. The molecule has 0 aromatic rings. The number of rotatable bonds is 36. The second-order valence-corrected chi connectivity index (χ2v) is 47.6. The monoisotopic (exact) mass is 1780 g/mol. The molecule has 9 aliphatic rings. The van der Waals surface area contributed by atoms with Gasteiger partial charge in [-0.25, -0.2) is 0 Å². The van der Waals surface area contributed by atoms with Crippen molar-refractivity contribution in [2.45, 2.75) is 467 Å². The Morgan fingerprint density at radius 1 is 0.304 bits per heavy atom. The normalized spacial score (nSPS) is 24.7. The minimum absolute atomic E-state index is 0. The molecule has 125 heavy (non-hydrogen) atoms. The number of ether oxygens (including phenoxy) is 7. The summed E-state index contributed by atoms with van der Waals surface area (Å²) in [5.74, 6) is 6.28. The van der Waals surface area contributed by atoms with Gasteiger partial charge >= 0.3 is 0 Å². The van der Waals surface area contributed by atoms with E-state index in [0.29, 0.717) is 48.1 Å². The van der Waals surface area contributed by atoms with Crippen LogP contribution in [0.3, 0.4) is 0 Å². The number of hydrogen-bond donors (Lipinski definition) is 2.